The first-order valence-corrected chi connectivity index (χ1v) is 18.6. The van der Waals surface area contributed by atoms with Gasteiger partial charge in [-0.25, -0.2) is 0 Å². The van der Waals surface area contributed by atoms with Gasteiger partial charge < -0.3 is 35.1 Å². The van der Waals surface area contributed by atoms with E-state index in [0.29, 0.717) is 50.5 Å². The third-order valence-electron chi connectivity index (χ3n) is 10.6. The Balaban J connectivity index is 0.984. The first kappa shape index (κ1) is 35.1. The molecule has 0 radical (unpaired) electrons. The van der Waals surface area contributed by atoms with Gasteiger partial charge in [0.2, 0.25) is 5.91 Å². The monoisotopic (exact) mass is 686 g/mol. The van der Waals surface area contributed by atoms with Crippen LogP contribution >= 0.6 is 11.3 Å². The number of piperidine rings is 1. The summed E-state index contributed by atoms with van der Waals surface area (Å²) in [5.74, 6) is 0.584. The number of H-pyrrole nitrogens is 1. The summed E-state index contributed by atoms with van der Waals surface area (Å²) in [4.78, 5) is 32.2. The van der Waals surface area contributed by atoms with Crippen molar-refractivity contribution in [2.24, 2.45) is 0 Å². The predicted octanol–water partition coefficient (Wildman–Crippen LogP) is 5.57. The Hall–Kier alpha value is -3.70. The van der Waals surface area contributed by atoms with Crippen molar-refractivity contribution in [1.82, 2.24) is 20.1 Å². The molecule has 9 nitrogen and oxygen atoms in total. The fraction of sp³-hybridized carbons (Fsp3) is 0.487. The highest BCUT2D eigenvalue weighted by Gasteiger charge is 2.39. The molecule has 262 valence electrons. The Morgan fingerprint density at radius 3 is 2.53 bits per heavy atom. The van der Waals surface area contributed by atoms with Gasteiger partial charge in [0, 0.05) is 30.1 Å². The van der Waals surface area contributed by atoms with Crippen molar-refractivity contribution >= 4 is 27.5 Å². The van der Waals surface area contributed by atoms with E-state index >= 15 is 0 Å². The van der Waals surface area contributed by atoms with Crippen LogP contribution in [0.3, 0.4) is 0 Å². The molecule has 1 saturated heterocycles. The molecule has 3 aromatic carbocycles. The van der Waals surface area contributed by atoms with E-state index in [1.807, 2.05) is 24.3 Å². The van der Waals surface area contributed by atoms with Crippen molar-refractivity contribution in [3.63, 3.8) is 0 Å². The summed E-state index contributed by atoms with van der Waals surface area (Å²) in [6, 6.07) is 20.4. The van der Waals surface area contributed by atoms with Crippen LogP contribution in [0.25, 0.3) is 10.2 Å². The second-order valence-electron chi connectivity index (χ2n) is 13.7. The Morgan fingerprint density at radius 1 is 1.00 bits per heavy atom. The number of nitrogens with one attached hydrogen (secondary N) is 2. The number of nitrogens with zero attached hydrogens (tertiary/aromatic N) is 2. The van der Waals surface area contributed by atoms with Gasteiger partial charge in [-0.05, 0) is 94.0 Å². The highest BCUT2D eigenvalue weighted by atomic mass is 32.1. The zero-order valence-corrected chi connectivity index (χ0v) is 29.4. The Morgan fingerprint density at radius 2 is 1.76 bits per heavy atom. The minimum absolute atomic E-state index is 0.0917. The van der Waals surface area contributed by atoms with Gasteiger partial charge in [0.25, 0.3) is 0 Å². The molecule has 2 heterocycles. The Bertz CT molecular complexity index is 1740. The number of rotatable bonds is 15. The number of aromatic amines is 1. The van der Waals surface area contributed by atoms with E-state index in [9.17, 15) is 19.8 Å². The van der Waals surface area contributed by atoms with Crippen LogP contribution in [0.4, 0.5) is 0 Å². The van der Waals surface area contributed by atoms with Gasteiger partial charge in [-0.2, -0.15) is 0 Å². The number of aromatic nitrogens is 1. The van der Waals surface area contributed by atoms with Crippen molar-refractivity contribution in [3.05, 3.63) is 92.6 Å². The van der Waals surface area contributed by atoms with Crippen LogP contribution in [0, 0.1) is 0 Å². The van der Waals surface area contributed by atoms with E-state index in [4.69, 9.17) is 4.74 Å². The summed E-state index contributed by atoms with van der Waals surface area (Å²) >= 11 is 1.12. The largest absolute Gasteiger partial charge is 0.508 e. The van der Waals surface area contributed by atoms with E-state index in [0.717, 1.165) is 97.2 Å². The van der Waals surface area contributed by atoms with Gasteiger partial charge in [-0.1, -0.05) is 72.7 Å². The van der Waals surface area contributed by atoms with Crippen LogP contribution < -0.4 is 10.2 Å². The van der Waals surface area contributed by atoms with Crippen molar-refractivity contribution in [3.8, 4) is 11.5 Å². The summed E-state index contributed by atoms with van der Waals surface area (Å²) in [6.07, 6.45) is 8.13. The minimum atomic E-state index is -0.220. The summed E-state index contributed by atoms with van der Waals surface area (Å²) in [5.41, 5.74) is 4.68. The lowest BCUT2D eigenvalue weighted by atomic mass is 9.67. The lowest BCUT2D eigenvalue weighted by molar-refractivity contribution is -0.134. The second-order valence-corrected chi connectivity index (χ2v) is 14.7. The van der Waals surface area contributed by atoms with Crippen LogP contribution in [0.15, 0.2) is 65.5 Å². The molecule has 1 aliphatic carbocycles. The van der Waals surface area contributed by atoms with Gasteiger partial charge >= 0.3 is 4.87 Å². The number of hydrogen-bond donors (Lipinski definition) is 4. The molecular weight excluding hydrogens is 637 g/mol. The van der Waals surface area contributed by atoms with Crippen LogP contribution in [-0.2, 0) is 27.8 Å². The third-order valence-corrected chi connectivity index (χ3v) is 11.5. The van der Waals surface area contributed by atoms with Crippen LogP contribution in [0.1, 0.15) is 67.2 Å². The molecule has 0 atom stereocenters. The van der Waals surface area contributed by atoms with Gasteiger partial charge in [0.15, 0.2) is 0 Å². The van der Waals surface area contributed by atoms with E-state index in [1.165, 1.54) is 5.56 Å². The van der Waals surface area contributed by atoms with E-state index < -0.39 is 0 Å². The summed E-state index contributed by atoms with van der Waals surface area (Å²) < 4.78 is 6.82. The highest BCUT2D eigenvalue weighted by molar-refractivity contribution is 7.16. The first-order valence-electron chi connectivity index (χ1n) is 17.8. The Labute approximate surface area is 292 Å². The first-order chi connectivity index (χ1) is 23.8. The average Bonchev–Trinajstić information content (AvgIpc) is 3.79. The average molecular weight is 687 g/mol. The normalized spacial score (nSPS) is 16.8. The molecule has 49 heavy (non-hydrogen) atoms. The third kappa shape index (κ3) is 8.37. The number of phenols is 2. The van der Waals surface area contributed by atoms with Gasteiger partial charge in [0.05, 0.1) is 24.3 Å². The summed E-state index contributed by atoms with van der Waals surface area (Å²) in [6.45, 7) is 4.92. The zero-order chi connectivity index (χ0) is 34.2. The summed E-state index contributed by atoms with van der Waals surface area (Å²) in [5, 5.41) is 24.6. The fourth-order valence-corrected chi connectivity index (χ4v) is 8.63. The molecule has 1 amide bonds. The van der Waals surface area contributed by atoms with Gasteiger partial charge in [-0.3, -0.25) is 9.59 Å². The fourth-order valence-electron chi connectivity index (χ4n) is 7.73. The molecule has 0 bridgehead atoms. The minimum Gasteiger partial charge on any atom is -0.508 e. The number of likely N-dealkylation sites (tertiary alicyclic amines) is 1. The molecule has 4 aromatic rings. The second kappa shape index (κ2) is 16.3. The van der Waals surface area contributed by atoms with Crippen LogP contribution in [0.2, 0.25) is 0 Å². The number of aromatic hydroxyl groups is 2. The number of fused-ring (bicyclic) bond motifs is 1. The number of hydrogen-bond acceptors (Lipinski definition) is 8. The maximum atomic E-state index is 13.4. The lowest BCUT2D eigenvalue weighted by Crippen LogP contribution is -2.43. The van der Waals surface area contributed by atoms with E-state index in [1.54, 1.807) is 6.07 Å². The number of ether oxygens (including phenoxy) is 1. The number of thiazole rings is 1. The lowest BCUT2D eigenvalue weighted by Gasteiger charge is -2.42. The molecule has 4 N–H and O–H groups in total. The number of phenolic OH excluding ortho intramolecular Hbond substituents is 2. The molecule has 1 aromatic heterocycles. The van der Waals surface area contributed by atoms with Crippen LogP contribution in [0.5, 0.6) is 11.5 Å². The molecule has 6 rings (SSSR count). The van der Waals surface area contributed by atoms with Crippen LogP contribution in [-0.4, -0.2) is 89.9 Å². The number of benzene rings is 3. The smallest absolute Gasteiger partial charge is 0.305 e. The van der Waals surface area contributed by atoms with Crippen molar-refractivity contribution in [2.75, 3.05) is 53.0 Å². The highest BCUT2D eigenvalue weighted by Crippen LogP contribution is 2.45. The van der Waals surface area contributed by atoms with Crippen molar-refractivity contribution < 1.29 is 19.7 Å². The molecule has 10 heteroatoms. The maximum Gasteiger partial charge on any atom is 0.305 e. The molecule has 2 fully saturated rings. The Kier molecular flexibility index (Phi) is 11.7. The number of amides is 1. The SMILES string of the molecule is CN1CCC(c2ccccc2)(c2cc(CCOCCC(=O)N(CCNCCc3ccc(O)c4[nH]c(=O)sc34)C3CCCC3)ccc2O)CC1. The number of carbonyl (C=O) groups excluding carboxylic acids is 1. The summed E-state index contributed by atoms with van der Waals surface area (Å²) in [7, 11) is 2.16. The quantitative estimate of drug-likeness (QED) is 0.121. The maximum absolute atomic E-state index is 13.4. The molecular formula is C39H50N4O5S. The molecule has 2 aliphatic rings. The molecule has 1 aliphatic heterocycles. The topological polar surface area (TPSA) is 118 Å². The molecule has 1 saturated carbocycles. The van der Waals surface area contributed by atoms with E-state index in [2.05, 4.69) is 57.5 Å². The molecule has 0 spiro atoms. The predicted molar refractivity (Wildman–Crippen MR) is 196 cm³/mol. The van der Waals surface area contributed by atoms with Crippen molar-refractivity contribution in [2.45, 2.75) is 69.2 Å². The number of carbonyl (C=O) groups is 1. The standard InChI is InChI=1S/C39H50N4O5S/c1-42-22-18-39(19-23-42,30-7-3-2-4-8-30)32-27-28(11-13-33(32)44)16-25-48-26-17-35(46)43(31-9-5-6-10-31)24-21-40-20-15-29-12-14-34(45)36-37(29)49-38(47)41-36/h2-4,7-8,11-14,27,31,40,44-45H,5-6,9-10,15-26H2,1H3,(H,41,47). The van der Waals surface area contributed by atoms with E-state index in [-0.39, 0.29) is 28.0 Å². The van der Waals surface area contributed by atoms with Gasteiger partial charge in [0.1, 0.15) is 17.0 Å². The van der Waals surface area contributed by atoms with Crippen molar-refractivity contribution in [1.29, 1.82) is 0 Å². The zero-order valence-electron chi connectivity index (χ0n) is 28.6. The van der Waals surface area contributed by atoms with Gasteiger partial charge in [-0.15, -0.1) is 0 Å². The molecule has 0 unspecified atom stereocenters.